The largest absolute Gasteiger partial charge is 0.469 e. The molecule has 2 N–H and O–H groups in total. The van der Waals surface area contributed by atoms with Gasteiger partial charge in [0.2, 0.25) is 0 Å². The third-order valence-electron chi connectivity index (χ3n) is 4.76. The van der Waals surface area contributed by atoms with Crippen molar-refractivity contribution in [1.82, 2.24) is 15.5 Å². The monoisotopic (exact) mass is 532 g/mol. The second-order valence-electron chi connectivity index (χ2n) is 7.03. The molecule has 0 bridgehead atoms. The Morgan fingerprint density at radius 3 is 2.62 bits per heavy atom. The summed E-state index contributed by atoms with van der Waals surface area (Å²) in [6, 6.07) is 3.79. The van der Waals surface area contributed by atoms with Crippen molar-refractivity contribution in [3.63, 3.8) is 0 Å². The van der Waals surface area contributed by atoms with Crippen molar-refractivity contribution in [2.75, 3.05) is 53.0 Å². The highest BCUT2D eigenvalue weighted by atomic mass is 127. The number of piperidine rings is 1. The molecule has 2 rings (SSSR count). The van der Waals surface area contributed by atoms with E-state index in [1.807, 2.05) is 12.1 Å². The summed E-state index contributed by atoms with van der Waals surface area (Å²) in [5, 5.41) is 6.50. The molecule has 0 radical (unpaired) electrons. The fourth-order valence-electron chi connectivity index (χ4n) is 3.25. The molecular formula is C19H32F3IN4O2. The molecule has 1 aliphatic rings. The van der Waals surface area contributed by atoms with E-state index in [-0.39, 0.29) is 24.0 Å². The lowest BCUT2D eigenvalue weighted by Gasteiger charge is -2.32. The van der Waals surface area contributed by atoms with E-state index in [0.717, 1.165) is 37.4 Å². The van der Waals surface area contributed by atoms with Gasteiger partial charge in [-0.3, -0.25) is 9.89 Å². The highest BCUT2D eigenvalue weighted by Gasteiger charge is 2.32. The lowest BCUT2D eigenvalue weighted by atomic mass is 9.93. The van der Waals surface area contributed by atoms with Crippen LogP contribution in [0.5, 0.6) is 0 Å². The zero-order valence-corrected chi connectivity index (χ0v) is 19.2. The van der Waals surface area contributed by atoms with Crippen LogP contribution in [-0.4, -0.2) is 70.0 Å². The average Bonchev–Trinajstić information content (AvgIpc) is 3.15. The molecule has 0 unspecified atom stereocenters. The Bertz CT molecular complexity index is 562. The highest BCUT2D eigenvalue weighted by molar-refractivity contribution is 14.0. The minimum atomic E-state index is -4.11. The number of nitrogens with one attached hydrogen (secondary N) is 2. The molecule has 2 heterocycles. The van der Waals surface area contributed by atoms with E-state index < -0.39 is 12.7 Å². The van der Waals surface area contributed by atoms with Crippen LogP contribution in [0, 0.1) is 5.92 Å². The summed E-state index contributed by atoms with van der Waals surface area (Å²) < 4.78 is 47.8. The number of ether oxygens (including phenoxy) is 1. The van der Waals surface area contributed by atoms with Crippen LogP contribution < -0.4 is 10.6 Å². The van der Waals surface area contributed by atoms with Gasteiger partial charge in [0.25, 0.3) is 0 Å². The molecule has 1 aromatic rings. The Hall–Kier alpha value is -1.01. The van der Waals surface area contributed by atoms with Crippen LogP contribution in [0.3, 0.4) is 0 Å². The van der Waals surface area contributed by atoms with Crippen LogP contribution in [0.4, 0.5) is 13.2 Å². The Morgan fingerprint density at radius 2 is 2.00 bits per heavy atom. The number of rotatable bonds is 10. The molecule has 0 atom stereocenters. The number of aliphatic imine (C=N–C) groups is 1. The lowest BCUT2D eigenvalue weighted by Crippen LogP contribution is -2.41. The summed E-state index contributed by atoms with van der Waals surface area (Å²) in [4.78, 5) is 6.10. The molecular weight excluding hydrogens is 500 g/mol. The number of methoxy groups -OCH3 is 1. The van der Waals surface area contributed by atoms with E-state index in [0.29, 0.717) is 45.2 Å². The van der Waals surface area contributed by atoms with Gasteiger partial charge in [0.05, 0.1) is 19.4 Å². The van der Waals surface area contributed by atoms with Gasteiger partial charge < -0.3 is 19.8 Å². The lowest BCUT2D eigenvalue weighted by molar-refractivity contribution is -0.148. The van der Waals surface area contributed by atoms with E-state index in [4.69, 9.17) is 9.15 Å². The Labute approximate surface area is 187 Å². The first-order valence-corrected chi connectivity index (χ1v) is 9.79. The first-order valence-electron chi connectivity index (χ1n) is 9.79. The minimum Gasteiger partial charge on any atom is -0.469 e. The number of nitrogens with zero attached hydrogens (tertiary/aromatic N) is 2. The maximum Gasteiger partial charge on any atom is 0.401 e. The zero-order valence-electron chi connectivity index (χ0n) is 16.8. The molecule has 1 aliphatic heterocycles. The van der Waals surface area contributed by atoms with Crippen LogP contribution in [0.1, 0.15) is 25.0 Å². The zero-order chi connectivity index (χ0) is 20.2. The average molecular weight is 532 g/mol. The van der Waals surface area contributed by atoms with Crippen molar-refractivity contribution in [2.45, 2.75) is 31.9 Å². The molecule has 0 spiro atoms. The number of hydrogen-bond donors (Lipinski definition) is 2. The van der Waals surface area contributed by atoms with Gasteiger partial charge in [-0.2, -0.15) is 13.2 Å². The third kappa shape index (κ3) is 11.7. The number of alkyl halides is 3. The van der Waals surface area contributed by atoms with Gasteiger partial charge in [-0.15, -0.1) is 24.0 Å². The summed E-state index contributed by atoms with van der Waals surface area (Å²) >= 11 is 0. The second-order valence-corrected chi connectivity index (χ2v) is 7.03. The predicted molar refractivity (Wildman–Crippen MR) is 118 cm³/mol. The molecule has 0 amide bonds. The van der Waals surface area contributed by atoms with E-state index in [1.165, 1.54) is 4.90 Å². The van der Waals surface area contributed by atoms with Crippen molar-refractivity contribution < 1.29 is 22.3 Å². The van der Waals surface area contributed by atoms with E-state index >= 15 is 0 Å². The quantitative estimate of drug-likeness (QED) is 0.210. The van der Waals surface area contributed by atoms with Gasteiger partial charge in [-0.05, 0) is 50.4 Å². The van der Waals surface area contributed by atoms with Gasteiger partial charge in [-0.1, -0.05) is 0 Å². The van der Waals surface area contributed by atoms with E-state index in [1.54, 1.807) is 13.4 Å². The Balaban J connectivity index is 0.00000420. The van der Waals surface area contributed by atoms with Crippen molar-refractivity contribution in [1.29, 1.82) is 0 Å². The first-order chi connectivity index (χ1) is 13.5. The fraction of sp³-hybridized carbons (Fsp3) is 0.737. The van der Waals surface area contributed by atoms with Crippen LogP contribution >= 0.6 is 24.0 Å². The fourth-order valence-corrected chi connectivity index (χ4v) is 3.25. The van der Waals surface area contributed by atoms with Crippen molar-refractivity contribution in [2.24, 2.45) is 10.9 Å². The molecule has 10 heteroatoms. The van der Waals surface area contributed by atoms with E-state index in [2.05, 4.69) is 15.6 Å². The van der Waals surface area contributed by atoms with Crippen molar-refractivity contribution in [3.05, 3.63) is 24.2 Å². The summed E-state index contributed by atoms with van der Waals surface area (Å²) in [7, 11) is 1.65. The summed E-state index contributed by atoms with van der Waals surface area (Å²) in [6.45, 7) is 2.79. The molecule has 168 valence electrons. The number of furan rings is 1. The molecule has 1 saturated heterocycles. The maximum absolute atomic E-state index is 12.5. The maximum atomic E-state index is 12.5. The SMILES string of the molecule is COCCNC(=NCCC1CCN(CC(F)(F)F)CC1)NCCc1ccco1.I. The number of likely N-dealkylation sites (tertiary alicyclic amines) is 1. The summed E-state index contributed by atoms with van der Waals surface area (Å²) in [6.07, 6.45) is 0.779. The molecule has 0 aromatic carbocycles. The van der Waals surface area contributed by atoms with Crippen molar-refractivity contribution >= 4 is 29.9 Å². The summed E-state index contributed by atoms with van der Waals surface area (Å²) in [5.41, 5.74) is 0. The molecule has 29 heavy (non-hydrogen) atoms. The van der Waals surface area contributed by atoms with Crippen LogP contribution in [0.2, 0.25) is 0 Å². The van der Waals surface area contributed by atoms with Gasteiger partial charge in [-0.25, -0.2) is 0 Å². The molecule has 1 fully saturated rings. The van der Waals surface area contributed by atoms with Crippen LogP contribution in [0.25, 0.3) is 0 Å². The van der Waals surface area contributed by atoms with Crippen molar-refractivity contribution in [3.8, 4) is 0 Å². The first kappa shape index (κ1) is 26.0. The number of halogens is 4. The standard InChI is InChI=1S/C19H31F3N4O2.HI/c1-27-14-10-25-18(24-9-5-17-3-2-13-28-17)23-8-4-16-6-11-26(12-7-16)15-19(20,21)22;/h2-3,13,16H,4-12,14-15H2,1H3,(H2,23,24,25);1H. The number of hydrogen-bond acceptors (Lipinski definition) is 4. The third-order valence-corrected chi connectivity index (χ3v) is 4.76. The minimum absolute atomic E-state index is 0. The molecule has 6 nitrogen and oxygen atoms in total. The molecule has 0 aliphatic carbocycles. The predicted octanol–water partition coefficient (Wildman–Crippen LogP) is 3.29. The number of guanidine groups is 1. The highest BCUT2D eigenvalue weighted by Crippen LogP contribution is 2.24. The Kier molecular flexibility index (Phi) is 12.6. The second kappa shape index (κ2) is 14.1. The smallest absolute Gasteiger partial charge is 0.401 e. The Morgan fingerprint density at radius 1 is 1.28 bits per heavy atom. The molecule has 0 saturated carbocycles. The van der Waals surface area contributed by atoms with Crippen LogP contribution in [-0.2, 0) is 11.2 Å². The topological polar surface area (TPSA) is 62.0 Å². The van der Waals surface area contributed by atoms with Gasteiger partial charge in [0, 0.05) is 33.2 Å². The normalized spacial score (nSPS) is 16.5. The summed E-state index contributed by atoms with van der Waals surface area (Å²) in [5.74, 6) is 2.06. The van der Waals surface area contributed by atoms with E-state index in [9.17, 15) is 13.2 Å². The van der Waals surface area contributed by atoms with Gasteiger partial charge in [0.1, 0.15) is 5.76 Å². The van der Waals surface area contributed by atoms with Crippen LogP contribution in [0.15, 0.2) is 27.8 Å². The van der Waals surface area contributed by atoms with Gasteiger partial charge in [0.15, 0.2) is 5.96 Å². The molecule has 1 aromatic heterocycles. The van der Waals surface area contributed by atoms with Gasteiger partial charge >= 0.3 is 6.18 Å².